The van der Waals surface area contributed by atoms with E-state index in [9.17, 15) is 9.59 Å². The van der Waals surface area contributed by atoms with Crippen molar-refractivity contribution < 1.29 is 9.59 Å². The molecule has 0 aliphatic heterocycles. The molecule has 0 unspecified atom stereocenters. The van der Waals surface area contributed by atoms with Crippen molar-refractivity contribution in [2.24, 2.45) is 5.73 Å². The summed E-state index contributed by atoms with van der Waals surface area (Å²) >= 11 is 0. The van der Waals surface area contributed by atoms with E-state index in [1.807, 2.05) is 0 Å². The predicted molar refractivity (Wildman–Crippen MR) is 57.1 cm³/mol. The minimum atomic E-state index is -0.297. The molecule has 1 aliphatic rings. The molecule has 0 aromatic heterocycles. The molecule has 0 spiro atoms. The maximum atomic E-state index is 11.4. The SMILES string of the molecule is NCC(=O)NCC(=O)NC1CCCCC1. The van der Waals surface area contributed by atoms with Gasteiger partial charge in [0.2, 0.25) is 11.8 Å². The van der Waals surface area contributed by atoms with Crippen LogP contribution in [0.2, 0.25) is 0 Å². The Labute approximate surface area is 89.8 Å². The van der Waals surface area contributed by atoms with Crippen molar-refractivity contribution in [1.29, 1.82) is 0 Å². The summed E-state index contributed by atoms with van der Waals surface area (Å²) in [6, 6.07) is 0.293. The van der Waals surface area contributed by atoms with E-state index in [-0.39, 0.29) is 24.9 Å². The molecule has 0 bridgehead atoms. The fraction of sp³-hybridized carbons (Fsp3) is 0.800. The smallest absolute Gasteiger partial charge is 0.239 e. The first-order chi connectivity index (χ1) is 7.22. The summed E-state index contributed by atoms with van der Waals surface area (Å²) in [5, 5.41) is 5.35. The van der Waals surface area contributed by atoms with E-state index in [1.165, 1.54) is 19.3 Å². The standard InChI is InChI=1S/C10H19N3O2/c11-6-9(14)12-7-10(15)13-8-4-2-1-3-5-8/h8H,1-7,11H2,(H,12,14)(H,13,15). The van der Waals surface area contributed by atoms with Crippen molar-refractivity contribution in [3.05, 3.63) is 0 Å². The van der Waals surface area contributed by atoms with Crippen LogP contribution in [0.3, 0.4) is 0 Å². The summed E-state index contributed by atoms with van der Waals surface area (Å²) in [4.78, 5) is 22.2. The van der Waals surface area contributed by atoms with Crippen LogP contribution in [0.1, 0.15) is 32.1 Å². The summed E-state index contributed by atoms with van der Waals surface area (Å²) in [6.07, 6.45) is 5.73. The monoisotopic (exact) mass is 213 g/mol. The summed E-state index contributed by atoms with van der Waals surface area (Å²) in [6.45, 7) is -0.0385. The first-order valence-electron chi connectivity index (χ1n) is 5.48. The third-order valence-corrected chi connectivity index (χ3v) is 2.60. The van der Waals surface area contributed by atoms with Gasteiger partial charge >= 0.3 is 0 Å². The van der Waals surface area contributed by atoms with Crippen molar-refractivity contribution in [3.63, 3.8) is 0 Å². The van der Waals surface area contributed by atoms with Crippen molar-refractivity contribution in [2.75, 3.05) is 13.1 Å². The minimum absolute atomic E-state index is 0.0343. The third kappa shape index (κ3) is 4.78. The zero-order chi connectivity index (χ0) is 11.1. The van der Waals surface area contributed by atoms with Gasteiger partial charge in [0.25, 0.3) is 0 Å². The quantitative estimate of drug-likeness (QED) is 0.589. The van der Waals surface area contributed by atoms with E-state index in [4.69, 9.17) is 5.73 Å². The Hall–Kier alpha value is -1.10. The first kappa shape index (κ1) is 12.0. The van der Waals surface area contributed by atoms with Crippen LogP contribution in [0.4, 0.5) is 0 Å². The van der Waals surface area contributed by atoms with Gasteiger partial charge in [-0.1, -0.05) is 19.3 Å². The number of nitrogens with two attached hydrogens (primary N) is 1. The molecule has 0 atom stereocenters. The highest BCUT2D eigenvalue weighted by atomic mass is 16.2. The van der Waals surface area contributed by atoms with E-state index < -0.39 is 0 Å². The molecular weight excluding hydrogens is 194 g/mol. The van der Waals surface area contributed by atoms with Gasteiger partial charge in [-0.2, -0.15) is 0 Å². The van der Waals surface area contributed by atoms with E-state index in [0.29, 0.717) is 6.04 Å². The fourth-order valence-corrected chi connectivity index (χ4v) is 1.78. The topological polar surface area (TPSA) is 84.2 Å². The fourth-order valence-electron chi connectivity index (χ4n) is 1.78. The number of carbonyl (C=O) groups excluding carboxylic acids is 2. The van der Waals surface area contributed by atoms with Crippen molar-refractivity contribution in [1.82, 2.24) is 10.6 Å². The van der Waals surface area contributed by atoms with Gasteiger partial charge in [0.05, 0.1) is 13.1 Å². The Balaban J connectivity index is 2.14. The van der Waals surface area contributed by atoms with Crippen molar-refractivity contribution in [2.45, 2.75) is 38.1 Å². The van der Waals surface area contributed by atoms with Gasteiger partial charge in [0.1, 0.15) is 0 Å². The van der Waals surface area contributed by atoms with Crippen LogP contribution >= 0.6 is 0 Å². The van der Waals surface area contributed by atoms with Crippen molar-refractivity contribution in [3.8, 4) is 0 Å². The lowest BCUT2D eigenvalue weighted by molar-refractivity contribution is -0.125. The van der Waals surface area contributed by atoms with Gasteiger partial charge in [-0.15, -0.1) is 0 Å². The van der Waals surface area contributed by atoms with Gasteiger partial charge in [-0.3, -0.25) is 9.59 Å². The molecule has 0 heterocycles. The second-order valence-electron chi connectivity index (χ2n) is 3.88. The van der Waals surface area contributed by atoms with Crippen LogP contribution in [0.15, 0.2) is 0 Å². The number of rotatable bonds is 4. The third-order valence-electron chi connectivity index (χ3n) is 2.60. The molecule has 1 rings (SSSR count). The Morgan fingerprint density at radius 2 is 1.80 bits per heavy atom. The molecule has 4 N–H and O–H groups in total. The van der Waals surface area contributed by atoms with E-state index in [2.05, 4.69) is 10.6 Å². The Kier molecular flexibility index (Phi) is 5.10. The molecule has 0 radical (unpaired) electrons. The highest BCUT2D eigenvalue weighted by Crippen LogP contribution is 2.16. The number of hydrogen-bond donors (Lipinski definition) is 3. The van der Waals surface area contributed by atoms with E-state index in [0.717, 1.165) is 12.8 Å². The molecule has 0 saturated heterocycles. The van der Waals surface area contributed by atoms with Gasteiger partial charge in [0.15, 0.2) is 0 Å². The van der Waals surface area contributed by atoms with Crippen LogP contribution in [-0.2, 0) is 9.59 Å². The van der Waals surface area contributed by atoms with Crippen LogP contribution < -0.4 is 16.4 Å². The number of amides is 2. The lowest BCUT2D eigenvalue weighted by Gasteiger charge is -2.22. The normalized spacial score (nSPS) is 17.1. The van der Waals surface area contributed by atoms with E-state index in [1.54, 1.807) is 0 Å². The van der Waals surface area contributed by atoms with Crippen molar-refractivity contribution >= 4 is 11.8 Å². The highest BCUT2D eigenvalue weighted by Gasteiger charge is 2.15. The molecule has 15 heavy (non-hydrogen) atoms. The first-order valence-corrected chi connectivity index (χ1v) is 5.48. The highest BCUT2D eigenvalue weighted by molar-refractivity contribution is 5.85. The molecule has 2 amide bonds. The molecule has 5 heteroatoms. The van der Waals surface area contributed by atoms with Gasteiger partial charge in [0, 0.05) is 6.04 Å². The van der Waals surface area contributed by atoms with Gasteiger partial charge < -0.3 is 16.4 Å². The molecule has 1 aliphatic carbocycles. The molecule has 5 nitrogen and oxygen atoms in total. The average molecular weight is 213 g/mol. The number of nitrogens with one attached hydrogen (secondary N) is 2. The second kappa shape index (κ2) is 6.40. The zero-order valence-electron chi connectivity index (χ0n) is 8.92. The van der Waals surface area contributed by atoms with Crippen LogP contribution in [0.25, 0.3) is 0 Å². The summed E-state index contributed by atoms with van der Waals surface area (Å²) < 4.78 is 0. The van der Waals surface area contributed by atoms with Gasteiger partial charge in [-0.05, 0) is 12.8 Å². The van der Waals surface area contributed by atoms with E-state index >= 15 is 0 Å². The summed E-state index contributed by atoms with van der Waals surface area (Å²) in [5.41, 5.74) is 5.10. The maximum absolute atomic E-state index is 11.4. The van der Waals surface area contributed by atoms with Crippen LogP contribution in [0, 0.1) is 0 Å². The zero-order valence-corrected chi connectivity index (χ0v) is 8.92. The van der Waals surface area contributed by atoms with Gasteiger partial charge in [-0.25, -0.2) is 0 Å². The lowest BCUT2D eigenvalue weighted by Crippen LogP contribution is -2.43. The Morgan fingerprint density at radius 3 is 2.40 bits per heavy atom. The number of carbonyl (C=O) groups is 2. The van der Waals surface area contributed by atoms with Crippen LogP contribution in [-0.4, -0.2) is 30.9 Å². The Bertz CT molecular complexity index is 225. The second-order valence-corrected chi connectivity index (χ2v) is 3.88. The number of hydrogen-bond acceptors (Lipinski definition) is 3. The lowest BCUT2D eigenvalue weighted by atomic mass is 9.95. The summed E-state index contributed by atoms with van der Waals surface area (Å²) in [7, 11) is 0. The average Bonchev–Trinajstić information content (AvgIpc) is 2.27. The largest absolute Gasteiger partial charge is 0.352 e. The molecule has 0 aromatic rings. The maximum Gasteiger partial charge on any atom is 0.239 e. The molecule has 0 aromatic carbocycles. The van der Waals surface area contributed by atoms with Crippen LogP contribution in [0.5, 0.6) is 0 Å². The predicted octanol–water partition coefficient (Wildman–Crippen LogP) is -0.490. The molecule has 1 saturated carbocycles. The molecular formula is C10H19N3O2. The molecule has 86 valence electrons. The summed E-state index contributed by atoms with van der Waals surface area (Å²) in [5.74, 6) is -0.419. The minimum Gasteiger partial charge on any atom is -0.352 e. The Morgan fingerprint density at radius 1 is 1.13 bits per heavy atom. The molecule has 1 fully saturated rings.